The molecular formula is C13H18BrNO3. The minimum atomic E-state index is -0.512. The maximum atomic E-state index is 11.7. The Kier molecular flexibility index (Phi) is 6.75. The molecule has 1 atom stereocenters. The van der Waals surface area contributed by atoms with E-state index in [0.717, 1.165) is 10.9 Å². The summed E-state index contributed by atoms with van der Waals surface area (Å²) in [6.07, 6.45) is 0.285. The fourth-order valence-corrected chi connectivity index (χ4v) is 1.75. The van der Waals surface area contributed by atoms with E-state index in [1.807, 2.05) is 24.3 Å². The molecule has 0 bridgehead atoms. The second kappa shape index (κ2) is 8.11. The summed E-state index contributed by atoms with van der Waals surface area (Å²) >= 11 is 3.35. The lowest BCUT2D eigenvalue weighted by Crippen LogP contribution is -2.37. The molecule has 5 heteroatoms. The highest BCUT2D eigenvalue weighted by Gasteiger charge is 2.13. The normalized spacial score (nSPS) is 11.9. The highest BCUT2D eigenvalue weighted by Crippen LogP contribution is 2.18. The van der Waals surface area contributed by atoms with E-state index < -0.39 is 6.10 Å². The van der Waals surface area contributed by atoms with Gasteiger partial charge in [0, 0.05) is 24.7 Å². The van der Waals surface area contributed by atoms with Crippen LogP contribution in [-0.2, 0) is 9.53 Å². The van der Waals surface area contributed by atoms with Crippen molar-refractivity contribution in [2.75, 3.05) is 20.3 Å². The Bertz CT molecular complexity index is 384. The van der Waals surface area contributed by atoms with Crippen LogP contribution in [0.15, 0.2) is 28.7 Å². The average Bonchev–Trinajstić information content (AvgIpc) is 2.34. The monoisotopic (exact) mass is 315 g/mol. The first kappa shape index (κ1) is 15.0. The lowest BCUT2D eigenvalue weighted by atomic mass is 10.3. The average molecular weight is 316 g/mol. The number of benzene rings is 1. The quantitative estimate of drug-likeness (QED) is 0.786. The molecule has 1 aromatic rings. The van der Waals surface area contributed by atoms with Crippen LogP contribution in [-0.4, -0.2) is 32.3 Å². The van der Waals surface area contributed by atoms with Crippen molar-refractivity contribution >= 4 is 21.8 Å². The summed E-state index contributed by atoms with van der Waals surface area (Å²) in [6, 6.07) is 7.42. The molecule has 100 valence electrons. The number of hydrogen-bond donors (Lipinski definition) is 1. The highest BCUT2D eigenvalue weighted by molar-refractivity contribution is 9.10. The summed E-state index contributed by atoms with van der Waals surface area (Å²) < 4.78 is 11.4. The number of rotatable bonds is 7. The predicted octanol–water partition coefficient (Wildman–Crippen LogP) is 2.37. The molecule has 0 aliphatic rings. The molecule has 0 aliphatic heterocycles. The van der Waals surface area contributed by atoms with Gasteiger partial charge >= 0.3 is 0 Å². The van der Waals surface area contributed by atoms with Gasteiger partial charge in [0.1, 0.15) is 5.75 Å². The third-order valence-electron chi connectivity index (χ3n) is 2.30. The van der Waals surface area contributed by atoms with Gasteiger partial charge in [0.05, 0.1) is 0 Å². The minimum Gasteiger partial charge on any atom is -0.481 e. The van der Waals surface area contributed by atoms with Gasteiger partial charge in [0.15, 0.2) is 6.10 Å². The number of ether oxygens (including phenoxy) is 2. The van der Waals surface area contributed by atoms with Crippen molar-refractivity contribution in [3.05, 3.63) is 28.7 Å². The first-order chi connectivity index (χ1) is 8.63. The molecule has 1 rings (SSSR count). The first-order valence-corrected chi connectivity index (χ1v) is 6.61. The van der Waals surface area contributed by atoms with Crippen LogP contribution in [0.3, 0.4) is 0 Å². The van der Waals surface area contributed by atoms with Gasteiger partial charge in [-0.3, -0.25) is 4.79 Å². The Balaban J connectivity index is 2.35. The van der Waals surface area contributed by atoms with Gasteiger partial charge in [0.25, 0.3) is 5.91 Å². The highest BCUT2D eigenvalue weighted by atomic mass is 79.9. The van der Waals surface area contributed by atoms with E-state index in [1.54, 1.807) is 14.0 Å². The van der Waals surface area contributed by atoms with Crippen LogP contribution in [0.5, 0.6) is 5.75 Å². The van der Waals surface area contributed by atoms with Gasteiger partial charge in [0.2, 0.25) is 0 Å². The molecule has 0 saturated heterocycles. The first-order valence-electron chi connectivity index (χ1n) is 5.82. The lowest BCUT2D eigenvalue weighted by molar-refractivity contribution is -0.127. The number of carbonyl (C=O) groups excluding carboxylic acids is 1. The zero-order valence-corrected chi connectivity index (χ0v) is 12.2. The van der Waals surface area contributed by atoms with E-state index in [-0.39, 0.29) is 5.91 Å². The molecule has 1 amide bonds. The van der Waals surface area contributed by atoms with Crippen LogP contribution < -0.4 is 10.1 Å². The number of halogens is 1. The Morgan fingerprint density at radius 1 is 1.50 bits per heavy atom. The van der Waals surface area contributed by atoms with Crippen LogP contribution in [0.2, 0.25) is 0 Å². The van der Waals surface area contributed by atoms with Gasteiger partial charge < -0.3 is 14.8 Å². The topological polar surface area (TPSA) is 47.6 Å². The summed E-state index contributed by atoms with van der Waals surface area (Å²) in [4.78, 5) is 11.7. The Morgan fingerprint density at radius 2 is 2.28 bits per heavy atom. The predicted molar refractivity (Wildman–Crippen MR) is 73.7 cm³/mol. The molecule has 1 unspecified atom stereocenters. The summed E-state index contributed by atoms with van der Waals surface area (Å²) in [7, 11) is 1.64. The van der Waals surface area contributed by atoms with E-state index in [0.29, 0.717) is 18.9 Å². The summed E-state index contributed by atoms with van der Waals surface area (Å²) in [5.41, 5.74) is 0. The van der Waals surface area contributed by atoms with Crippen LogP contribution in [0.25, 0.3) is 0 Å². The summed E-state index contributed by atoms with van der Waals surface area (Å²) in [6.45, 7) is 2.96. The zero-order chi connectivity index (χ0) is 13.4. The lowest BCUT2D eigenvalue weighted by Gasteiger charge is -2.14. The molecule has 1 N–H and O–H groups in total. The zero-order valence-electron chi connectivity index (χ0n) is 10.6. The van der Waals surface area contributed by atoms with Crippen molar-refractivity contribution in [2.45, 2.75) is 19.4 Å². The number of methoxy groups -OCH3 is 1. The van der Waals surface area contributed by atoms with E-state index in [4.69, 9.17) is 9.47 Å². The van der Waals surface area contributed by atoms with Crippen LogP contribution in [0, 0.1) is 0 Å². The SMILES string of the molecule is COCCCNC(=O)C(C)Oc1cccc(Br)c1. The Morgan fingerprint density at radius 3 is 2.94 bits per heavy atom. The van der Waals surface area contributed by atoms with E-state index >= 15 is 0 Å². The van der Waals surface area contributed by atoms with Crippen LogP contribution >= 0.6 is 15.9 Å². The molecule has 0 saturated carbocycles. The Labute approximate surface area is 116 Å². The van der Waals surface area contributed by atoms with Crippen molar-refractivity contribution in [3.63, 3.8) is 0 Å². The van der Waals surface area contributed by atoms with Gasteiger partial charge in [-0.05, 0) is 31.5 Å². The number of hydrogen-bond acceptors (Lipinski definition) is 3. The maximum absolute atomic E-state index is 11.7. The van der Waals surface area contributed by atoms with Crippen LogP contribution in [0.4, 0.5) is 0 Å². The summed E-state index contributed by atoms with van der Waals surface area (Å²) in [5, 5.41) is 2.80. The molecule has 0 radical (unpaired) electrons. The molecule has 1 aromatic carbocycles. The number of amides is 1. The molecule has 0 aromatic heterocycles. The van der Waals surface area contributed by atoms with Crippen molar-refractivity contribution in [3.8, 4) is 5.75 Å². The largest absolute Gasteiger partial charge is 0.481 e. The fourth-order valence-electron chi connectivity index (χ4n) is 1.37. The van der Waals surface area contributed by atoms with Crippen molar-refractivity contribution in [1.29, 1.82) is 0 Å². The Hall–Kier alpha value is -1.07. The van der Waals surface area contributed by atoms with Crippen LogP contribution in [0.1, 0.15) is 13.3 Å². The number of nitrogens with one attached hydrogen (secondary N) is 1. The molecule has 0 spiro atoms. The van der Waals surface area contributed by atoms with E-state index in [9.17, 15) is 4.79 Å². The third-order valence-corrected chi connectivity index (χ3v) is 2.80. The number of carbonyl (C=O) groups is 1. The van der Waals surface area contributed by atoms with Gasteiger partial charge in [-0.15, -0.1) is 0 Å². The third kappa shape index (κ3) is 5.51. The molecule has 0 aliphatic carbocycles. The van der Waals surface area contributed by atoms with Gasteiger partial charge in [-0.2, -0.15) is 0 Å². The maximum Gasteiger partial charge on any atom is 0.260 e. The molecular weight excluding hydrogens is 298 g/mol. The minimum absolute atomic E-state index is 0.119. The second-order valence-electron chi connectivity index (χ2n) is 3.85. The fraction of sp³-hybridized carbons (Fsp3) is 0.462. The second-order valence-corrected chi connectivity index (χ2v) is 4.77. The van der Waals surface area contributed by atoms with Gasteiger partial charge in [-0.25, -0.2) is 0 Å². The van der Waals surface area contributed by atoms with Crippen molar-refractivity contribution in [2.24, 2.45) is 0 Å². The van der Waals surface area contributed by atoms with E-state index in [1.165, 1.54) is 0 Å². The van der Waals surface area contributed by atoms with Crippen molar-refractivity contribution < 1.29 is 14.3 Å². The smallest absolute Gasteiger partial charge is 0.260 e. The summed E-state index contributed by atoms with van der Waals surface area (Å²) in [5.74, 6) is 0.551. The molecule has 4 nitrogen and oxygen atoms in total. The molecule has 0 fully saturated rings. The van der Waals surface area contributed by atoms with Crippen molar-refractivity contribution in [1.82, 2.24) is 5.32 Å². The molecule has 18 heavy (non-hydrogen) atoms. The van der Waals surface area contributed by atoms with Gasteiger partial charge in [-0.1, -0.05) is 22.0 Å². The molecule has 0 heterocycles. The standard InChI is InChI=1S/C13H18BrNO3/c1-10(13(16)15-7-4-8-17-2)18-12-6-3-5-11(14)9-12/h3,5-6,9-10H,4,7-8H2,1-2H3,(H,15,16). The van der Waals surface area contributed by atoms with E-state index in [2.05, 4.69) is 21.2 Å².